The lowest BCUT2D eigenvalue weighted by Gasteiger charge is -2.45. The third-order valence-corrected chi connectivity index (χ3v) is 5.96. The van der Waals surface area contributed by atoms with Crippen LogP contribution in [0.5, 0.6) is 5.88 Å². The van der Waals surface area contributed by atoms with E-state index < -0.39 is 0 Å². The standard InChI is InChI=1S/C20H27N5O3/c1-14-18(15(2)24(3)23-14)19(26)25-9-5-20(6-10-25)12-16(4-11-27-20)28-17-13-21-7-8-22-17/h7-8,13,16H,4-6,9-12H2,1-3H3. The molecule has 2 fully saturated rings. The number of nitrogens with zero attached hydrogens (tertiary/aromatic N) is 5. The van der Waals surface area contributed by atoms with Gasteiger partial charge in [0.1, 0.15) is 6.10 Å². The summed E-state index contributed by atoms with van der Waals surface area (Å²) >= 11 is 0. The Hall–Kier alpha value is -2.48. The number of rotatable bonds is 3. The highest BCUT2D eigenvalue weighted by Gasteiger charge is 2.42. The van der Waals surface area contributed by atoms with Crippen LogP contribution in [0.4, 0.5) is 0 Å². The Balaban J connectivity index is 1.39. The fourth-order valence-corrected chi connectivity index (χ4v) is 4.31. The van der Waals surface area contributed by atoms with Crippen molar-refractivity contribution in [3.63, 3.8) is 0 Å². The van der Waals surface area contributed by atoms with Gasteiger partial charge in [-0.15, -0.1) is 0 Å². The molecule has 8 heteroatoms. The quantitative estimate of drug-likeness (QED) is 0.804. The second kappa shape index (κ2) is 7.50. The Morgan fingerprint density at radius 1 is 1.29 bits per heavy atom. The van der Waals surface area contributed by atoms with Crippen LogP contribution in [-0.2, 0) is 11.8 Å². The first-order chi connectivity index (χ1) is 13.5. The van der Waals surface area contributed by atoms with Crippen molar-refractivity contribution >= 4 is 5.91 Å². The molecule has 1 spiro atoms. The summed E-state index contributed by atoms with van der Waals surface area (Å²) in [7, 11) is 1.87. The van der Waals surface area contributed by atoms with Crippen molar-refractivity contribution in [2.24, 2.45) is 7.05 Å². The van der Waals surface area contributed by atoms with Crippen LogP contribution in [0.25, 0.3) is 0 Å². The number of amides is 1. The predicted octanol–water partition coefficient (Wildman–Crippen LogP) is 2.06. The van der Waals surface area contributed by atoms with Gasteiger partial charge in [0.05, 0.1) is 29.7 Å². The van der Waals surface area contributed by atoms with Crippen molar-refractivity contribution in [2.75, 3.05) is 19.7 Å². The number of carbonyl (C=O) groups excluding carboxylic acids is 1. The summed E-state index contributed by atoms with van der Waals surface area (Å²) in [6, 6.07) is 0. The minimum atomic E-state index is -0.221. The zero-order valence-corrected chi connectivity index (χ0v) is 16.7. The first-order valence-electron chi connectivity index (χ1n) is 9.83. The molecule has 1 amide bonds. The van der Waals surface area contributed by atoms with Gasteiger partial charge in [-0.05, 0) is 26.7 Å². The summed E-state index contributed by atoms with van der Waals surface area (Å²) in [6.07, 6.45) is 8.27. The molecule has 0 aliphatic carbocycles. The van der Waals surface area contributed by atoms with Gasteiger partial charge in [0.15, 0.2) is 0 Å². The molecule has 1 atom stereocenters. The average molecular weight is 385 g/mol. The number of hydrogen-bond acceptors (Lipinski definition) is 6. The van der Waals surface area contributed by atoms with E-state index in [4.69, 9.17) is 9.47 Å². The largest absolute Gasteiger partial charge is 0.473 e. The van der Waals surface area contributed by atoms with Gasteiger partial charge < -0.3 is 14.4 Å². The monoisotopic (exact) mass is 385 g/mol. The molecule has 0 N–H and O–H groups in total. The third kappa shape index (κ3) is 3.61. The van der Waals surface area contributed by atoms with Crippen LogP contribution >= 0.6 is 0 Å². The van der Waals surface area contributed by atoms with E-state index in [2.05, 4.69) is 15.1 Å². The molecule has 2 aliphatic heterocycles. The molecule has 28 heavy (non-hydrogen) atoms. The Kier molecular flexibility index (Phi) is 5.05. The van der Waals surface area contributed by atoms with Gasteiger partial charge in [-0.2, -0.15) is 5.10 Å². The highest BCUT2D eigenvalue weighted by atomic mass is 16.5. The van der Waals surface area contributed by atoms with Crippen molar-refractivity contribution in [3.05, 3.63) is 35.5 Å². The van der Waals surface area contributed by atoms with Crippen LogP contribution in [0.15, 0.2) is 18.6 Å². The van der Waals surface area contributed by atoms with Crippen molar-refractivity contribution in [2.45, 2.75) is 51.2 Å². The highest BCUT2D eigenvalue weighted by molar-refractivity contribution is 5.96. The van der Waals surface area contributed by atoms with Crippen molar-refractivity contribution in [1.29, 1.82) is 0 Å². The molecule has 0 bridgehead atoms. The number of aromatic nitrogens is 4. The average Bonchev–Trinajstić information content (AvgIpc) is 2.94. The summed E-state index contributed by atoms with van der Waals surface area (Å²) in [5.74, 6) is 0.626. The molecule has 2 aromatic rings. The maximum absolute atomic E-state index is 13.0. The van der Waals surface area contributed by atoms with Gasteiger partial charge in [0.2, 0.25) is 5.88 Å². The summed E-state index contributed by atoms with van der Waals surface area (Å²) in [5.41, 5.74) is 2.21. The van der Waals surface area contributed by atoms with Crippen LogP contribution in [0.1, 0.15) is 47.4 Å². The summed E-state index contributed by atoms with van der Waals surface area (Å²) in [6.45, 7) is 5.87. The van der Waals surface area contributed by atoms with Crippen LogP contribution in [0.3, 0.4) is 0 Å². The molecule has 0 saturated carbocycles. The van der Waals surface area contributed by atoms with E-state index in [1.54, 1.807) is 23.3 Å². The van der Waals surface area contributed by atoms with E-state index in [1.807, 2.05) is 25.8 Å². The summed E-state index contributed by atoms with van der Waals surface area (Å²) in [4.78, 5) is 23.2. The van der Waals surface area contributed by atoms with E-state index in [-0.39, 0.29) is 17.6 Å². The van der Waals surface area contributed by atoms with E-state index in [0.29, 0.717) is 25.6 Å². The lowest BCUT2D eigenvalue weighted by Crippen LogP contribution is -2.52. The molecule has 2 saturated heterocycles. The zero-order valence-electron chi connectivity index (χ0n) is 16.7. The maximum Gasteiger partial charge on any atom is 0.257 e. The fourth-order valence-electron chi connectivity index (χ4n) is 4.31. The smallest absolute Gasteiger partial charge is 0.257 e. The van der Waals surface area contributed by atoms with Crippen molar-refractivity contribution < 1.29 is 14.3 Å². The van der Waals surface area contributed by atoms with E-state index in [0.717, 1.165) is 42.6 Å². The molecule has 2 aliphatic rings. The predicted molar refractivity (Wildman–Crippen MR) is 102 cm³/mol. The van der Waals surface area contributed by atoms with Gasteiger partial charge in [-0.3, -0.25) is 14.5 Å². The second-order valence-corrected chi connectivity index (χ2v) is 7.77. The van der Waals surface area contributed by atoms with Gasteiger partial charge in [0.25, 0.3) is 5.91 Å². The summed E-state index contributed by atoms with van der Waals surface area (Å²) in [5, 5.41) is 4.38. The molecule has 8 nitrogen and oxygen atoms in total. The number of likely N-dealkylation sites (tertiary alicyclic amines) is 1. The van der Waals surface area contributed by atoms with Crippen LogP contribution in [0.2, 0.25) is 0 Å². The first-order valence-corrected chi connectivity index (χ1v) is 9.83. The highest BCUT2D eigenvalue weighted by Crippen LogP contribution is 2.36. The van der Waals surface area contributed by atoms with Gasteiger partial charge >= 0.3 is 0 Å². The Bertz CT molecular complexity index is 843. The molecule has 0 aromatic carbocycles. The minimum Gasteiger partial charge on any atom is -0.473 e. The van der Waals surface area contributed by atoms with Crippen molar-refractivity contribution in [1.82, 2.24) is 24.6 Å². The van der Waals surface area contributed by atoms with E-state index in [9.17, 15) is 4.79 Å². The molecule has 150 valence electrons. The number of hydrogen-bond donors (Lipinski definition) is 0. The van der Waals surface area contributed by atoms with E-state index >= 15 is 0 Å². The molecular weight excluding hydrogens is 358 g/mol. The molecule has 4 heterocycles. The van der Waals surface area contributed by atoms with Gasteiger partial charge in [-0.25, -0.2) is 4.98 Å². The minimum absolute atomic E-state index is 0.0653. The lowest BCUT2D eigenvalue weighted by atomic mass is 9.83. The number of ether oxygens (including phenoxy) is 2. The van der Waals surface area contributed by atoms with E-state index in [1.165, 1.54) is 0 Å². The van der Waals surface area contributed by atoms with Crippen molar-refractivity contribution in [3.8, 4) is 5.88 Å². The van der Waals surface area contributed by atoms with Crippen LogP contribution < -0.4 is 4.74 Å². The topological polar surface area (TPSA) is 82.4 Å². The second-order valence-electron chi connectivity index (χ2n) is 7.77. The molecule has 2 aromatic heterocycles. The first kappa shape index (κ1) is 18.9. The van der Waals surface area contributed by atoms with Crippen LogP contribution in [-0.4, -0.2) is 62.0 Å². The Labute approximate surface area is 164 Å². The van der Waals surface area contributed by atoms with Gasteiger partial charge in [0, 0.05) is 51.1 Å². The zero-order chi connectivity index (χ0) is 19.7. The Morgan fingerprint density at radius 2 is 2.07 bits per heavy atom. The molecule has 0 radical (unpaired) electrons. The number of carbonyl (C=O) groups is 1. The fraction of sp³-hybridized carbons (Fsp3) is 0.600. The lowest BCUT2D eigenvalue weighted by molar-refractivity contribution is -0.135. The SMILES string of the molecule is Cc1nn(C)c(C)c1C(=O)N1CCC2(CC1)CC(Oc1cnccn1)CCO2. The summed E-state index contributed by atoms with van der Waals surface area (Å²) < 4.78 is 14.0. The molecule has 1 unspecified atom stereocenters. The van der Waals surface area contributed by atoms with Gasteiger partial charge in [-0.1, -0.05) is 0 Å². The number of aryl methyl sites for hydroxylation is 2. The Morgan fingerprint density at radius 3 is 2.71 bits per heavy atom. The molecular formula is C20H27N5O3. The van der Waals surface area contributed by atoms with Crippen LogP contribution in [0, 0.1) is 13.8 Å². The normalized spacial score (nSPS) is 21.7. The third-order valence-electron chi connectivity index (χ3n) is 5.96. The number of piperidine rings is 1. The molecule has 4 rings (SSSR count). The maximum atomic E-state index is 13.0.